The molecule has 1 amide bonds. The Morgan fingerprint density at radius 3 is 2.59 bits per heavy atom. The molecule has 29 heavy (non-hydrogen) atoms. The molecule has 3 rings (SSSR count). The number of hydrogen-bond donors (Lipinski definition) is 1. The van der Waals surface area contributed by atoms with E-state index in [0.717, 1.165) is 11.3 Å². The molecule has 1 N–H and O–H groups in total. The third kappa shape index (κ3) is 4.29. The SMILES string of the molecule is Cc1c(CNC(=O)c2ccc(Cn3nc(C(F)F)c(Cl)c3C(F)F)o2)cnn1C. The van der Waals surface area contributed by atoms with Gasteiger partial charge in [-0.3, -0.25) is 14.2 Å². The zero-order chi connectivity index (χ0) is 21.3. The van der Waals surface area contributed by atoms with Crippen LogP contribution in [0.3, 0.4) is 0 Å². The van der Waals surface area contributed by atoms with Crippen LogP contribution in [0.15, 0.2) is 22.7 Å². The Hall–Kier alpha value is -2.82. The lowest BCUT2D eigenvalue weighted by Crippen LogP contribution is -2.22. The standard InChI is InChI=1S/C17H16ClF4N5O2/c1-8-9(6-24-26(8)2)5-23-17(28)11-4-3-10(29-11)7-27-14(16(21)22)12(18)13(25-27)15(19)20/h3-4,6,15-16H,5,7H2,1-2H3,(H,23,28). The summed E-state index contributed by atoms with van der Waals surface area (Å²) in [4.78, 5) is 12.2. The molecule has 0 spiro atoms. The van der Waals surface area contributed by atoms with Gasteiger partial charge in [-0.2, -0.15) is 10.2 Å². The van der Waals surface area contributed by atoms with Crippen molar-refractivity contribution in [2.45, 2.75) is 32.9 Å². The fourth-order valence-electron chi connectivity index (χ4n) is 2.65. The first-order valence-electron chi connectivity index (χ1n) is 8.35. The number of amides is 1. The average Bonchev–Trinajstić information content (AvgIpc) is 3.33. The van der Waals surface area contributed by atoms with Crippen molar-refractivity contribution < 1.29 is 26.8 Å². The molecule has 3 aromatic rings. The number of carbonyl (C=O) groups excluding carboxylic acids is 1. The van der Waals surface area contributed by atoms with Gasteiger partial charge in [-0.15, -0.1) is 0 Å². The number of carbonyl (C=O) groups is 1. The molecule has 0 radical (unpaired) electrons. The van der Waals surface area contributed by atoms with E-state index in [0.29, 0.717) is 4.68 Å². The van der Waals surface area contributed by atoms with Crippen LogP contribution in [0.25, 0.3) is 0 Å². The highest BCUT2D eigenvalue weighted by Gasteiger charge is 2.28. The molecule has 7 nitrogen and oxygen atoms in total. The lowest BCUT2D eigenvalue weighted by atomic mass is 10.2. The Balaban J connectivity index is 1.72. The summed E-state index contributed by atoms with van der Waals surface area (Å²) in [5.74, 6) is -0.512. The first-order valence-corrected chi connectivity index (χ1v) is 8.73. The van der Waals surface area contributed by atoms with Crippen molar-refractivity contribution in [1.29, 1.82) is 0 Å². The second-order valence-electron chi connectivity index (χ2n) is 6.17. The zero-order valence-corrected chi connectivity index (χ0v) is 16.1. The third-order valence-electron chi connectivity index (χ3n) is 4.34. The van der Waals surface area contributed by atoms with Crippen molar-refractivity contribution in [1.82, 2.24) is 24.9 Å². The highest BCUT2D eigenvalue weighted by atomic mass is 35.5. The summed E-state index contributed by atoms with van der Waals surface area (Å²) in [6, 6.07) is 2.72. The number of nitrogens with one attached hydrogen (secondary N) is 1. The number of aromatic nitrogens is 4. The van der Waals surface area contributed by atoms with Gasteiger partial charge in [-0.25, -0.2) is 17.6 Å². The van der Waals surface area contributed by atoms with Crippen molar-refractivity contribution in [3.63, 3.8) is 0 Å². The number of alkyl halides is 4. The van der Waals surface area contributed by atoms with E-state index in [-0.39, 0.29) is 24.6 Å². The highest BCUT2D eigenvalue weighted by molar-refractivity contribution is 6.32. The van der Waals surface area contributed by atoms with Gasteiger partial charge >= 0.3 is 0 Å². The van der Waals surface area contributed by atoms with Gasteiger partial charge in [0.1, 0.15) is 17.1 Å². The smallest absolute Gasteiger partial charge is 0.287 e. The average molecular weight is 434 g/mol. The number of furan rings is 1. The molecule has 3 aromatic heterocycles. The van der Waals surface area contributed by atoms with Gasteiger partial charge < -0.3 is 9.73 Å². The van der Waals surface area contributed by atoms with E-state index in [1.54, 1.807) is 17.9 Å². The highest BCUT2D eigenvalue weighted by Crippen LogP contribution is 2.35. The van der Waals surface area contributed by atoms with Gasteiger partial charge in [-0.05, 0) is 19.1 Å². The first kappa shape index (κ1) is 20.9. The Morgan fingerprint density at radius 1 is 1.28 bits per heavy atom. The Kier molecular flexibility index (Phi) is 5.96. The lowest BCUT2D eigenvalue weighted by Gasteiger charge is -2.05. The van der Waals surface area contributed by atoms with Gasteiger partial charge in [0.05, 0.1) is 17.8 Å². The minimum absolute atomic E-state index is 0.0625. The van der Waals surface area contributed by atoms with Gasteiger partial charge in [-0.1, -0.05) is 11.6 Å². The largest absolute Gasteiger partial charge is 0.454 e. The Labute approximate surface area is 167 Å². The van der Waals surface area contributed by atoms with Crippen LogP contribution < -0.4 is 5.32 Å². The molecular weight excluding hydrogens is 418 g/mol. The van der Waals surface area contributed by atoms with E-state index < -0.39 is 35.2 Å². The maximum absolute atomic E-state index is 13.2. The molecule has 12 heteroatoms. The van der Waals surface area contributed by atoms with Crippen molar-refractivity contribution >= 4 is 17.5 Å². The van der Waals surface area contributed by atoms with Crippen LogP contribution in [0.5, 0.6) is 0 Å². The minimum atomic E-state index is -3.11. The monoisotopic (exact) mass is 433 g/mol. The van der Waals surface area contributed by atoms with Crippen molar-refractivity contribution in [3.8, 4) is 0 Å². The molecule has 0 aliphatic rings. The summed E-state index contributed by atoms with van der Waals surface area (Å²) in [7, 11) is 1.77. The van der Waals surface area contributed by atoms with Crippen LogP contribution in [-0.4, -0.2) is 25.5 Å². The number of nitrogens with zero attached hydrogens (tertiary/aromatic N) is 4. The van der Waals surface area contributed by atoms with Gasteiger partial charge in [0.15, 0.2) is 5.76 Å². The van der Waals surface area contributed by atoms with Crippen LogP contribution >= 0.6 is 11.6 Å². The van der Waals surface area contributed by atoms with E-state index in [1.807, 2.05) is 6.92 Å². The summed E-state index contributed by atoms with van der Waals surface area (Å²) >= 11 is 5.61. The molecule has 0 bridgehead atoms. The summed E-state index contributed by atoms with van der Waals surface area (Å²) < 4.78 is 59.9. The number of rotatable bonds is 7. The van der Waals surface area contributed by atoms with Crippen LogP contribution in [-0.2, 0) is 20.1 Å². The van der Waals surface area contributed by atoms with Crippen LogP contribution in [0.1, 0.15) is 51.8 Å². The quantitative estimate of drug-likeness (QED) is 0.571. The van der Waals surface area contributed by atoms with Gasteiger partial charge in [0, 0.05) is 24.8 Å². The van der Waals surface area contributed by atoms with E-state index in [2.05, 4.69) is 15.5 Å². The van der Waals surface area contributed by atoms with Crippen LogP contribution in [0.2, 0.25) is 5.02 Å². The lowest BCUT2D eigenvalue weighted by molar-refractivity contribution is 0.0920. The van der Waals surface area contributed by atoms with Crippen LogP contribution in [0.4, 0.5) is 17.6 Å². The predicted molar refractivity (Wildman–Crippen MR) is 94.1 cm³/mol. The third-order valence-corrected chi connectivity index (χ3v) is 4.72. The summed E-state index contributed by atoms with van der Waals surface area (Å²) in [6.45, 7) is 1.68. The second-order valence-corrected chi connectivity index (χ2v) is 6.55. The number of hydrogen-bond acceptors (Lipinski definition) is 4. The molecule has 0 fully saturated rings. The maximum Gasteiger partial charge on any atom is 0.287 e. The van der Waals surface area contributed by atoms with Gasteiger partial charge in [0.2, 0.25) is 0 Å². The molecule has 0 saturated heterocycles. The topological polar surface area (TPSA) is 77.9 Å². The first-order chi connectivity index (χ1) is 13.7. The Bertz CT molecular complexity index is 1030. The molecule has 0 aliphatic heterocycles. The van der Waals surface area contributed by atoms with Crippen molar-refractivity contribution in [3.05, 3.63) is 57.5 Å². The molecule has 0 aliphatic carbocycles. The van der Waals surface area contributed by atoms with Crippen molar-refractivity contribution in [2.75, 3.05) is 0 Å². The molecule has 3 heterocycles. The van der Waals surface area contributed by atoms with E-state index in [9.17, 15) is 22.4 Å². The Morgan fingerprint density at radius 2 is 2.00 bits per heavy atom. The summed E-state index contributed by atoms with van der Waals surface area (Å²) in [6.07, 6.45) is -4.59. The molecule has 0 atom stereocenters. The second kappa shape index (κ2) is 8.27. The van der Waals surface area contributed by atoms with E-state index in [4.69, 9.17) is 16.0 Å². The summed E-state index contributed by atoms with van der Waals surface area (Å²) in [5, 5.41) is 9.39. The number of aryl methyl sites for hydroxylation is 1. The zero-order valence-electron chi connectivity index (χ0n) is 15.3. The molecular formula is C17H16ClF4N5O2. The minimum Gasteiger partial charge on any atom is -0.454 e. The molecule has 0 saturated carbocycles. The van der Waals surface area contributed by atoms with Crippen molar-refractivity contribution in [2.24, 2.45) is 7.05 Å². The fraction of sp³-hybridized carbons (Fsp3) is 0.353. The molecule has 156 valence electrons. The number of halogens is 5. The maximum atomic E-state index is 13.2. The summed E-state index contributed by atoms with van der Waals surface area (Å²) in [5.41, 5.74) is -0.0648. The van der Waals surface area contributed by atoms with E-state index >= 15 is 0 Å². The predicted octanol–water partition coefficient (Wildman–Crippen LogP) is 4.02. The molecule has 0 aromatic carbocycles. The fourth-order valence-corrected chi connectivity index (χ4v) is 2.95. The van der Waals surface area contributed by atoms with Crippen LogP contribution in [0, 0.1) is 6.92 Å². The normalized spacial score (nSPS) is 11.6. The van der Waals surface area contributed by atoms with E-state index in [1.165, 1.54) is 12.1 Å². The van der Waals surface area contributed by atoms with Gasteiger partial charge in [0.25, 0.3) is 18.8 Å². The molecule has 0 unspecified atom stereocenters.